The van der Waals surface area contributed by atoms with Gasteiger partial charge >= 0.3 is 0 Å². The number of nitrogens with one attached hydrogen (secondary N) is 1. The number of hydrogen-bond acceptors (Lipinski definition) is 3. The number of amides is 2. The molecule has 1 aliphatic rings. The molecule has 1 heterocycles. The number of rotatable bonds is 5. The van der Waals surface area contributed by atoms with Gasteiger partial charge in [0.2, 0.25) is 11.8 Å². The van der Waals surface area contributed by atoms with Crippen molar-refractivity contribution in [3.8, 4) is 5.75 Å². The molecule has 0 unspecified atom stereocenters. The van der Waals surface area contributed by atoms with Crippen molar-refractivity contribution in [2.24, 2.45) is 5.92 Å². The number of carbonyl (C=O) groups excluding carboxylic acids is 2. The second kappa shape index (κ2) is 7.82. The summed E-state index contributed by atoms with van der Waals surface area (Å²) in [7, 11) is 3.30. The smallest absolute Gasteiger partial charge is 0.222 e. The van der Waals surface area contributed by atoms with Crippen molar-refractivity contribution in [1.29, 1.82) is 0 Å². The summed E-state index contributed by atoms with van der Waals surface area (Å²) in [5.41, 5.74) is 1.10. The lowest BCUT2D eigenvalue weighted by molar-refractivity contribution is -0.135. The van der Waals surface area contributed by atoms with Gasteiger partial charge in [-0.1, -0.05) is 12.1 Å². The lowest BCUT2D eigenvalue weighted by Gasteiger charge is -2.31. The number of hydrogen-bond donors (Lipinski definition) is 1. The predicted molar refractivity (Wildman–Crippen MR) is 84.7 cm³/mol. The largest absolute Gasteiger partial charge is 0.497 e. The molecule has 120 valence electrons. The van der Waals surface area contributed by atoms with E-state index in [1.807, 2.05) is 29.2 Å². The third-order valence-electron chi connectivity index (χ3n) is 4.23. The van der Waals surface area contributed by atoms with Crippen molar-refractivity contribution in [3.05, 3.63) is 29.8 Å². The first-order valence-electron chi connectivity index (χ1n) is 7.76. The number of benzene rings is 1. The highest BCUT2D eigenvalue weighted by Gasteiger charge is 2.26. The van der Waals surface area contributed by atoms with E-state index >= 15 is 0 Å². The van der Waals surface area contributed by atoms with Gasteiger partial charge in [-0.2, -0.15) is 0 Å². The number of piperidine rings is 1. The van der Waals surface area contributed by atoms with Gasteiger partial charge in [0.1, 0.15) is 5.75 Å². The Morgan fingerprint density at radius 2 is 2.05 bits per heavy atom. The molecule has 2 amide bonds. The van der Waals surface area contributed by atoms with E-state index in [2.05, 4.69) is 5.32 Å². The Bertz CT molecular complexity index is 522. The lowest BCUT2D eigenvalue weighted by atomic mass is 9.95. The van der Waals surface area contributed by atoms with Crippen LogP contribution in [0.15, 0.2) is 24.3 Å². The molecule has 22 heavy (non-hydrogen) atoms. The number of carbonyl (C=O) groups is 2. The summed E-state index contributed by atoms with van der Waals surface area (Å²) in [5.74, 6) is 1.12. The van der Waals surface area contributed by atoms with E-state index in [9.17, 15) is 9.59 Å². The lowest BCUT2D eigenvalue weighted by Crippen LogP contribution is -2.42. The summed E-state index contributed by atoms with van der Waals surface area (Å²) in [6.07, 6.45) is 2.72. The summed E-state index contributed by atoms with van der Waals surface area (Å²) in [6.45, 7) is 1.35. The molecule has 0 bridgehead atoms. The van der Waals surface area contributed by atoms with Gasteiger partial charge in [0.15, 0.2) is 0 Å². The third kappa shape index (κ3) is 4.23. The van der Waals surface area contributed by atoms with Gasteiger partial charge in [0.05, 0.1) is 7.11 Å². The molecule has 1 N–H and O–H groups in total. The normalized spacial score (nSPS) is 15.5. The van der Waals surface area contributed by atoms with Crippen molar-refractivity contribution in [3.63, 3.8) is 0 Å². The van der Waals surface area contributed by atoms with Crippen LogP contribution in [0.2, 0.25) is 0 Å². The molecule has 1 aromatic rings. The fourth-order valence-corrected chi connectivity index (χ4v) is 2.83. The first kappa shape index (κ1) is 16.3. The Morgan fingerprint density at radius 3 is 2.68 bits per heavy atom. The van der Waals surface area contributed by atoms with Crippen LogP contribution in [0.1, 0.15) is 24.8 Å². The summed E-state index contributed by atoms with van der Waals surface area (Å²) < 4.78 is 5.19. The molecule has 1 fully saturated rings. The molecule has 0 aliphatic carbocycles. The van der Waals surface area contributed by atoms with E-state index in [-0.39, 0.29) is 17.7 Å². The van der Waals surface area contributed by atoms with E-state index < -0.39 is 0 Å². The van der Waals surface area contributed by atoms with Crippen LogP contribution in [0.25, 0.3) is 0 Å². The van der Waals surface area contributed by atoms with E-state index in [0.29, 0.717) is 25.9 Å². The van der Waals surface area contributed by atoms with Crippen LogP contribution in [-0.2, 0) is 16.0 Å². The highest BCUT2D eigenvalue weighted by atomic mass is 16.5. The van der Waals surface area contributed by atoms with Crippen LogP contribution in [0.5, 0.6) is 5.75 Å². The number of aryl methyl sites for hydroxylation is 1. The first-order valence-corrected chi connectivity index (χ1v) is 7.76. The highest BCUT2D eigenvalue weighted by Crippen LogP contribution is 2.19. The van der Waals surface area contributed by atoms with Gasteiger partial charge in [0, 0.05) is 32.5 Å². The van der Waals surface area contributed by atoms with Gasteiger partial charge in [0.25, 0.3) is 0 Å². The van der Waals surface area contributed by atoms with Crippen LogP contribution in [0.4, 0.5) is 0 Å². The molecule has 0 radical (unpaired) electrons. The Kier molecular flexibility index (Phi) is 5.81. The molecule has 1 aromatic carbocycles. The molecule has 5 nitrogen and oxygen atoms in total. The second-order valence-corrected chi connectivity index (χ2v) is 5.62. The van der Waals surface area contributed by atoms with Crippen molar-refractivity contribution >= 4 is 11.8 Å². The number of ether oxygens (including phenoxy) is 1. The summed E-state index contributed by atoms with van der Waals surface area (Å²) >= 11 is 0. The van der Waals surface area contributed by atoms with E-state index in [1.54, 1.807) is 14.2 Å². The summed E-state index contributed by atoms with van der Waals surface area (Å²) in [4.78, 5) is 25.7. The number of methoxy groups -OCH3 is 1. The topological polar surface area (TPSA) is 58.6 Å². The maximum Gasteiger partial charge on any atom is 0.222 e. The molecule has 1 aliphatic heterocycles. The van der Waals surface area contributed by atoms with Crippen LogP contribution in [-0.4, -0.2) is 44.0 Å². The van der Waals surface area contributed by atoms with Crippen LogP contribution in [0, 0.1) is 5.92 Å². The average molecular weight is 304 g/mol. The minimum absolute atomic E-state index is 0.0486. The predicted octanol–water partition coefficient (Wildman–Crippen LogP) is 1.61. The van der Waals surface area contributed by atoms with Gasteiger partial charge in [-0.25, -0.2) is 0 Å². The molecule has 0 spiro atoms. The van der Waals surface area contributed by atoms with Crippen molar-refractivity contribution in [1.82, 2.24) is 10.2 Å². The molecule has 1 saturated heterocycles. The molecular weight excluding hydrogens is 280 g/mol. The van der Waals surface area contributed by atoms with E-state index in [0.717, 1.165) is 24.2 Å². The monoisotopic (exact) mass is 304 g/mol. The van der Waals surface area contributed by atoms with Crippen molar-refractivity contribution < 1.29 is 14.3 Å². The fourth-order valence-electron chi connectivity index (χ4n) is 2.83. The zero-order valence-corrected chi connectivity index (χ0v) is 13.3. The Labute approximate surface area is 131 Å². The van der Waals surface area contributed by atoms with Crippen LogP contribution >= 0.6 is 0 Å². The van der Waals surface area contributed by atoms with E-state index in [4.69, 9.17) is 4.74 Å². The Morgan fingerprint density at radius 1 is 1.32 bits per heavy atom. The van der Waals surface area contributed by atoms with Crippen molar-refractivity contribution in [2.45, 2.75) is 25.7 Å². The first-order chi connectivity index (χ1) is 10.6. The van der Waals surface area contributed by atoms with Gasteiger partial charge < -0.3 is 15.0 Å². The minimum atomic E-state index is 0.0486. The van der Waals surface area contributed by atoms with E-state index in [1.165, 1.54) is 0 Å². The SMILES string of the molecule is CNC(=O)C1CCN(C(=O)CCc2cccc(OC)c2)CC1. The van der Waals surface area contributed by atoms with Crippen LogP contribution in [0.3, 0.4) is 0 Å². The third-order valence-corrected chi connectivity index (χ3v) is 4.23. The van der Waals surface area contributed by atoms with Gasteiger partial charge in [-0.15, -0.1) is 0 Å². The summed E-state index contributed by atoms with van der Waals surface area (Å²) in [6, 6.07) is 7.81. The molecule has 0 atom stereocenters. The molecular formula is C17H24N2O3. The molecule has 2 rings (SSSR count). The highest BCUT2D eigenvalue weighted by molar-refractivity contribution is 5.80. The second-order valence-electron chi connectivity index (χ2n) is 5.62. The molecule has 0 saturated carbocycles. The van der Waals surface area contributed by atoms with Gasteiger partial charge in [-0.3, -0.25) is 9.59 Å². The zero-order valence-electron chi connectivity index (χ0n) is 13.3. The Hall–Kier alpha value is -2.04. The maximum atomic E-state index is 12.3. The van der Waals surface area contributed by atoms with Crippen molar-refractivity contribution in [2.75, 3.05) is 27.2 Å². The maximum absolute atomic E-state index is 12.3. The Balaban J connectivity index is 1.79. The summed E-state index contributed by atoms with van der Waals surface area (Å²) in [5, 5.41) is 2.68. The minimum Gasteiger partial charge on any atom is -0.497 e. The molecule has 5 heteroatoms. The van der Waals surface area contributed by atoms with Crippen LogP contribution < -0.4 is 10.1 Å². The number of likely N-dealkylation sites (tertiary alicyclic amines) is 1. The van der Waals surface area contributed by atoms with Gasteiger partial charge in [-0.05, 0) is 37.0 Å². The molecule has 0 aromatic heterocycles. The average Bonchev–Trinajstić information content (AvgIpc) is 2.59. The number of nitrogens with zero attached hydrogens (tertiary/aromatic N) is 1. The standard InChI is InChI=1S/C17H24N2O3/c1-18-17(21)14-8-10-19(11-9-14)16(20)7-6-13-4-3-5-15(12-13)22-2/h3-5,12,14H,6-11H2,1-2H3,(H,18,21). The quantitative estimate of drug-likeness (QED) is 0.899. The fraction of sp³-hybridized carbons (Fsp3) is 0.529. The zero-order chi connectivity index (χ0) is 15.9.